The Kier molecular flexibility index (Phi) is 5.23. The minimum absolute atomic E-state index is 0.361. The van der Waals surface area contributed by atoms with E-state index in [0.717, 1.165) is 16.5 Å². The Morgan fingerprint density at radius 3 is 2.47 bits per heavy atom. The second kappa shape index (κ2) is 8.14. The van der Waals surface area contributed by atoms with Gasteiger partial charge in [0.05, 0.1) is 23.6 Å². The smallest absolute Gasteiger partial charge is 0.268 e. The number of rotatable bonds is 6. The van der Waals surface area contributed by atoms with Crippen LogP contribution in [0, 0.1) is 0 Å². The van der Waals surface area contributed by atoms with E-state index in [4.69, 9.17) is 5.73 Å². The molecule has 8 heteroatoms. The molecule has 0 fully saturated rings. The Hall–Kier alpha value is -4.04. The van der Waals surface area contributed by atoms with Crippen molar-refractivity contribution in [1.82, 2.24) is 20.2 Å². The van der Waals surface area contributed by atoms with Crippen molar-refractivity contribution in [2.75, 3.05) is 0 Å². The third-order valence-corrected chi connectivity index (χ3v) is 4.93. The molecule has 0 aliphatic heterocycles. The monoisotopic (exact) mass is 401 g/mol. The number of fused-ring (bicyclic) bond motifs is 1. The molecule has 150 valence electrons. The van der Waals surface area contributed by atoms with Crippen molar-refractivity contribution in [2.45, 2.75) is 12.5 Å². The molecule has 0 spiro atoms. The fourth-order valence-corrected chi connectivity index (χ4v) is 3.36. The van der Waals surface area contributed by atoms with Crippen LogP contribution in [0.3, 0.4) is 0 Å². The predicted octanol–water partition coefficient (Wildman–Crippen LogP) is 2.49. The zero-order valence-corrected chi connectivity index (χ0v) is 15.9. The standard InChI is InChI=1S/C22H19N5O3/c23-21(28)16-8-6-15(7-9-16)18-11-17-12-25-27(20(17)13-24-18)19(22(29)26-30)10-14-4-2-1-3-5-14/h1-9,11-13,19,30H,10H2,(H2,23,28)(H,26,29). The van der Waals surface area contributed by atoms with E-state index in [9.17, 15) is 14.8 Å². The number of benzene rings is 2. The predicted molar refractivity (Wildman–Crippen MR) is 111 cm³/mol. The Morgan fingerprint density at radius 2 is 1.80 bits per heavy atom. The molecule has 0 bridgehead atoms. The van der Waals surface area contributed by atoms with Crippen molar-refractivity contribution in [3.63, 3.8) is 0 Å². The average Bonchev–Trinajstić information content (AvgIpc) is 3.20. The molecule has 30 heavy (non-hydrogen) atoms. The van der Waals surface area contributed by atoms with E-state index >= 15 is 0 Å². The van der Waals surface area contributed by atoms with Gasteiger partial charge in [0.25, 0.3) is 5.91 Å². The van der Waals surface area contributed by atoms with Gasteiger partial charge in [-0.25, -0.2) is 5.48 Å². The fraction of sp³-hybridized carbons (Fsp3) is 0.0909. The molecular weight excluding hydrogens is 382 g/mol. The van der Waals surface area contributed by atoms with Crippen molar-refractivity contribution in [2.24, 2.45) is 5.73 Å². The number of hydrogen-bond donors (Lipinski definition) is 3. The van der Waals surface area contributed by atoms with E-state index in [2.05, 4.69) is 10.1 Å². The number of primary amides is 1. The maximum Gasteiger partial charge on any atom is 0.268 e. The van der Waals surface area contributed by atoms with E-state index in [1.54, 1.807) is 46.8 Å². The molecule has 0 saturated heterocycles. The van der Waals surface area contributed by atoms with Gasteiger partial charge in [-0.05, 0) is 23.8 Å². The SMILES string of the molecule is NC(=O)c1ccc(-c2cc3cnn(C(Cc4ccccc4)C(=O)NO)c3cn2)cc1. The number of pyridine rings is 1. The van der Waals surface area contributed by atoms with Gasteiger partial charge in [-0.1, -0.05) is 42.5 Å². The van der Waals surface area contributed by atoms with Gasteiger partial charge >= 0.3 is 0 Å². The number of aromatic nitrogens is 3. The normalized spacial score (nSPS) is 11.9. The third-order valence-electron chi connectivity index (χ3n) is 4.93. The topological polar surface area (TPSA) is 123 Å². The van der Waals surface area contributed by atoms with Crippen molar-refractivity contribution < 1.29 is 14.8 Å². The Morgan fingerprint density at radius 1 is 1.07 bits per heavy atom. The summed E-state index contributed by atoms with van der Waals surface area (Å²) in [4.78, 5) is 28.1. The lowest BCUT2D eigenvalue weighted by atomic mass is 10.1. The first kappa shape index (κ1) is 19.3. The minimum Gasteiger partial charge on any atom is -0.366 e. The van der Waals surface area contributed by atoms with Crippen LogP contribution >= 0.6 is 0 Å². The summed E-state index contributed by atoms with van der Waals surface area (Å²) in [6.45, 7) is 0. The first-order valence-corrected chi connectivity index (χ1v) is 9.28. The summed E-state index contributed by atoms with van der Waals surface area (Å²) in [6, 6.07) is 17.5. The maximum absolute atomic E-state index is 12.4. The second-order valence-corrected chi connectivity index (χ2v) is 6.84. The summed E-state index contributed by atoms with van der Waals surface area (Å²) < 4.78 is 1.56. The molecular formula is C22H19N5O3. The minimum atomic E-state index is -0.739. The number of nitrogens with zero attached hydrogens (tertiary/aromatic N) is 3. The molecule has 1 unspecified atom stereocenters. The average molecular weight is 401 g/mol. The molecule has 2 aromatic heterocycles. The highest BCUT2D eigenvalue weighted by molar-refractivity contribution is 5.93. The number of carbonyl (C=O) groups excluding carboxylic acids is 2. The van der Waals surface area contributed by atoms with Crippen molar-refractivity contribution >= 4 is 22.7 Å². The molecule has 0 aliphatic carbocycles. The van der Waals surface area contributed by atoms with Crippen molar-refractivity contribution in [3.8, 4) is 11.3 Å². The first-order chi connectivity index (χ1) is 14.6. The number of carbonyl (C=O) groups is 2. The summed E-state index contributed by atoms with van der Waals surface area (Å²) in [7, 11) is 0. The van der Waals surface area contributed by atoms with Crippen LogP contribution in [-0.4, -0.2) is 31.8 Å². The lowest BCUT2D eigenvalue weighted by molar-refractivity contribution is -0.132. The number of hydroxylamine groups is 1. The molecule has 0 saturated carbocycles. The van der Waals surface area contributed by atoms with Gasteiger partial charge in [-0.3, -0.25) is 24.5 Å². The van der Waals surface area contributed by atoms with Crippen molar-refractivity contribution in [1.29, 1.82) is 0 Å². The van der Waals surface area contributed by atoms with Crippen LogP contribution < -0.4 is 11.2 Å². The Bertz CT molecular complexity index is 1200. The summed E-state index contributed by atoms with van der Waals surface area (Å²) >= 11 is 0. The van der Waals surface area contributed by atoms with Gasteiger partial charge in [-0.2, -0.15) is 5.10 Å². The van der Waals surface area contributed by atoms with E-state index in [0.29, 0.717) is 23.2 Å². The number of nitrogens with two attached hydrogens (primary N) is 1. The van der Waals surface area contributed by atoms with Crippen LogP contribution in [-0.2, 0) is 11.2 Å². The van der Waals surface area contributed by atoms with Gasteiger partial charge in [-0.15, -0.1) is 0 Å². The molecule has 4 N–H and O–H groups in total. The lowest BCUT2D eigenvalue weighted by Crippen LogP contribution is -2.32. The van der Waals surface area contributed by atoms with Crippen LogP contribution in [0.1, 0.15) is 22.0 Å². The van der Waals surface area contributed by atoms with E-state index < -0.39 is 17.9 Å². The molecule has 0 aliphatic rings. The van der Waals surface area contributed by atoms with E-state index in [1.165, 1.54) is 0 Å². The second-order valence-electron chi connectivity index (χ2n) is 6.84. The lowest BCUT2D eigenvalue weighted by Gasteiger charge is -2.16. The molecule has 4 aromatic rings. The number of nitrogens with one attached hydrogen (secondary N) is 1. The molecule has 2 amide bonds. The van der Waals surface area contributed by atoms with E-state index in [-0.39, 0.29) is 0 Å². The van der Waals surface area contributed by atoms with Gasteiger partial charge in [0.1, 0.15) is 6.04 Å². The van der Waals surface area contributed by atoms with Crippen molar-refractivity contribution in [3.05, 3.63) is 84.2 Å². The first-order valence-electron chi connectivity index (χ1n) is 9.28. The van der Waals surface area contributed by atoms with Crippen LogP contribution in [0.5, 0.6) is 0 Å². The summed E-state index contributed by atoms with van der Waals surface area (Å²) in [5.41, 5.74) is 10.6. The number of hydrogen-bond acceptors (Lipinski definition) is 5. The van der Waals surface area contributed by atoms with Gasteiger partial charge in [0.15, 0.2) is 0 Å². The molecule has 8 nitrogen and oxygen atoms in total. The van der Waals surface area contributed by atoms with Crippen LogP contribution in [0.4, 0.5) is 0 Å². The third kappa shape index (κ3) is 3.76. The van der Waals surface area contributed by atoms with Gasteiger partial charge < -0.3 is 5.73 Å². The Balaban J connectivity index is 1.69. The number of amides is 2. The zero-order chi connectivity index (χ0) is 21.1. The maximum atomic E-state index is 12.4. The summed E-state index contributed by atoms with van der Waals surface area (Å²) in [6.07, 6.45) is 3.66. The highest BCUT2D eigenvalue weighted by Gasteiger charge is 2.23. The largest absolute Gasteiger partial charge is 0.366 e. The molecule has 2 aromatic carbocycles. The Labute approximate surface area is 171 Å². The quantitative estimate of drug-likeness (QED) is 0.338. The van der Waals surface area contributed by atoms with Crippen LogP contribution in [0.2, 0.25) is 0 Å². The van der Waals surface area contributed by atoms with Gasteiger partial charge in [0, 0.05) is 22.9 Å². The zero-order valence-electron chi connectivity index (χ0n) is 15.9. The summed E-state index contributed by atoms with van der Waals surface area (Å²) in [5, 5.41) is 14.4. The molecule has 4 rings (SSSR count). The molecule has 1 atom stereocenters. The van der Waals surface area contributed by atoms with Gasteiger partial charge in [0.2, 0.25) is 5.91 Å². The summed E-state index contributed by atoms with van der Waals surface area (Å²) in [5.74, 6) is -1.05. The fourth-order valence-electron chi connectivity index (χ4n) is 3.36. The van der Waals surface area contributed by atoms with E-state index in [1.807, 2.05) is 36.4 Å². The van der Waals surface area contributed by atoms with Crippen LogP contribution in [0.15, 0.2) is 73.1 Å². The highest BCUT2D eigenvalue weighted by atomic mass is 16.5. The molecule has 0 radical (unpaired) electrons. The van der Waals surface area contributed by atoms with Crippen LogP contribution in [0.25, 0.3) is 22.2 Å². The molecule has 2 heterocycles. The highest BCUT2D eigenvalue weighted by Crippen LogP contribution is 2.25.